The highest BCUT2D eigenvalue weighted by Gasteiger charge is 2.29. The molecule has 232 valence electrons. The van der Waals surface area contributed by atoms with Crippen molar-refractivity contribution in [3.8, 4) is 5.75 Å². The number of carbonyl (C=O) groups excluding carboxylic acids is 2. The van der Waals surface area contributed by atoms with Crippen molar-refractivity contribution in [2.45, 2.75) is 51.6 Å². The summed E-state index contributed by atoms with van der Waals surface area (Å²) in [6.07, 6.45) is 4.00. The minimum Gasteiger partial charge on any atom is -0.494 e. The molecule has 1 atom stereocenters. The molecule has 5 rings (SSSR count). The van der Waals surface area contributed by atoms with Crippen molar-refractivity contribution in [1.82, 2.24) is 4.90 Å². The van der Waals surface area contributed by atoms with Gasteiger partial charge in [-0.25, -0.2) is 4.79 Å². The van der Waals surface area contributed by atoms with Gasteiger partial charge in [-0.05, 0) is 61.6 Å². The predicted octanol–water partition coefficient (Wildman–Crippen LogP) is 6.93. The van der Waals surface area contributed by atoms with Crippen LogP contribution in [0.2, 0.25) is 0 Å². The van der Waals surface area contributed by atoms with Crippen LogP contribution in [-0.2, 0) is 22.6 Å². The number of nitrogens with one attached hydrogen (secondary N) is 1. The molecule has 1 aliphatic carbocycles. The zero-order chi connectivity index (χ0) is 31.6. The second-order valence-electron chi connectivity index (χ2n) is 11.7. The van der Waals surface area contributed by atoms with E-state index in [2.05, 4.69) is 30.4 Å². The first-order valence-corrected chi connectivity index (χ1v) is 15.6. The molecule has 7 heteroatoms. The van der Waals surface area contributed by atoms with Crippen LogP contribution in [0.4, 0.5) is 5.69 Å². The monoisotopic (exact) mass is 604 g/mol. The van der Waals surface area contributed by atoms with Crippen LogP contribution in [0.25, 0.3) is 0 Å². The van der Waals surface area contributed by atoms with E-state index in [1.165, 1.54) is 5.56 Å². The summed E-state index contributed by atoms with van der Waals surface area (Å²) in [7, 11) is 0. The smallest absolute Gasteiger partial charge is 0.326 e. The minimum absolute atomic E-state index is 0.144. The molecule has 4 aromatic carbocycles. The van der Waals surface area contributed by atoms with Gasteiger partial charge in [-0.1, -0.05) is 90.8 Å². The Hall–Kier alpha value is -4.91. The molecule has 0 aliphatic heterocycles. The fourth-order valence-corrected chi connectivity index (χ4v) is 5.55. The maximum atomic E-state index is 13.1. The van der Waals surface area contributed by atoms with E-state index < -0.39 is 12.0 Å². The number of aryl methyl sites for hydroxylation is 1. The van der Waals surface area contributed by atoms with Crippen LogP contribution < -0.4 is 10.1 Å². The number of aliphatic carboxylic acids is 1. The Morgan fingerprint density at radius 3 is 2.31 bits per heavy atom. The van der Waals surface area contributed by atoms with E-state index in [1.54, 1.807) is 48.5 Å². The third kappa shape index (κ3) is 8.60. The molecular formula is C38H40N2O5. The summed E-state index contributed by atoms with van der Waals surface area (Å²) >= 11 is 0. The molecule has 4 aromatic rings. The molecule has 0 aromatic heterocycles. The zero-order valence-electron chi connectivity index (χ0n) is 25.7. The third-order valence-corrected chi connectivity index (χ3v) is 8.26. The van der Waals surface area contributed by atoms with Gasteiger partial charge in [-0.2, -0.15) is 0 Å². The number of carboxylic acid groups (broad SMARTS) is 1. The number of ether oxygens (including phenoxy) is 1. The average molecular weight is 605 g/mol. The molecule has 0 radical (unpaired) electrons. The lowest BCUT2D eigenvalue weighted by Gasteiger charge is -2.32. The summed E-state index contributed by atoms with van der Waals surface area (Å²) in [5.74, 6) is -0.113. The Morgan fingerprint density at radius 2 is 1.62 bits per heavy atom. The van der Waals surface area contributed by atoms with E-state index in [0.29, 0.717) is 48.7 Å². The van der Waals surface area contributed by atoms with Crippen LogP contribution in [0.15, 0.2) is 103 Å². The van der Waals surface area contributed by atoms with Crippen molar-refractivity contribution in [3.05, 3.63) is 131 Å². The Labute approximate surface area is 264 Å². The minimum atomic E-state index is -1.01. The first kappa shape index (κ1) is 31.5. The lowest BCUT2D eigenvalue weighted by atomic mass is 9.84. The third-order valence-electron chi connectivity index (χ3n) is 8.26. The van der Waals surface area contributed by atoms with Crippen molar-refractivity contribution >= 4 is 23.3 Å². The molecule has 7 nitrogen and oxygen atoms in total. The molecule has 0 spiro atoms. The molecular weight excluding hydrogens is 564 g/mol. The first-order chi connectivity index (χ1) is 21.9. The number of carbonyl (C=O) groups is 3. The molecule has 2 N–H and O–H groups in total. The van der Waals surface area contributed by atoms with Gasteiger partial charge in [0.2, 0.25) is 5.91 Å². The molecule has 1 saturated carbocycles. The maximum absolute atomic E-state index is 13.1. The number of nitrogens with zero attached hydrogens (tertiary/aromatic N) is 1. The number of hydrogen-bond donors (Lipinski definition) is 2. The number of ketones is 1. The highest BCUT2D eigenvalue weighted by molar-refractivity contribution is 6.12. The SMILES string of the molecule is Cc1cccc(CN(CCCOc2ccc(C[C@H](Nc3ccccc3C(=O)c3ccccc3)C(=O)O)cc2)C(=O)C2CCC2)c1. The summed E-state index contributed by atoms with van der Waals surface area (Å²) < 4.78 is 5.99. The van der Waals surface area contributed by atoms with E-state index >= 15 is 0 Å². The highest BCUT2D eigenvalue weighted by Crippen LogP contribution is 2.29. The van der Waals surface area contributed by atoms with Gasteiger partial charge in [0.1, 0.15) is 11.8 Å². The Balaban J connectivity index is 1.15. The molecule has 1 fully saturated rings. The lowest BCUT2D eigenvalue weighted by molar-refractivity contribution is -0.139. The van der Waals surface area contributed by atoms with Crippen molar-refractivity contribution < 1.29 is 24.2 Å². The lowest BCUT2D eigenvalue weighted by Crippen LogP contribution is -2.39. The zero-order valence-corrected chi connectivity index (χ0v) is 25.7. The standard InChI is InChI=1S/C38H40N2O5/c1-27-10-7-11-29(24-27)26-40(37(42)31-14-8-15-31)22-9-23-45-32-20-18-28(19-21-32)25-35(38(43)44)39-34-17-6-5-16-33(34)36(41)30-12-3-2-4-13-30/h2-7,10-13,16-21,24,31,35,39H,8-9,14-15,22-23,25-26H2,1H3,(H,43,44)/t35-/m0/s1. The molecule has 0 unspecified atom stereocenters. The van der Waals surface area contributed by atoms with Gasteiger partial charge in [0.25, 0.3) is 0 Å². The predicted molar refractivity (Wildman–Crippen MR) is 176 cm³/mol. The van der Waals surface area contributed by atoms with Gasteiger partial charge in [0, 0.05) is 42.2 Å². The fraction of sp³-hybridized carbons (Fsp3) is 0.289. The van der Waals surface area contributed by atoms with Gasteiger partial charge in [-0.15, -0.1) is 0 Å². The van der Waals surface area contributed by atoms with Gasteiger partial charge in [-0.3, -0.25) is 9.59 Å². The number of anilines is 1. The molecule has 45 heavy (non-hydrogen) atoms. The molecule has 1 amide bonds. The summed E-state index contributed by atoms with van der Waals surface area (Å²) in [5.41, 5.74) is 4.59. The van der Waals surface area contributed by atoms with E-state index in [4.69, 9.17) is 4.74 Å². The van der Waals surface area contributed by atoms with Crippen LogP contribution in [0.3, 0.4) is 0 Å². The topological polar surface area (TPSA) is 95.9 Å². The van der Waals surface area contributed by atoms with Gasteiger partial charge in [0.05, 0.1) is 6.61 Å². The number of hydrogen-bond acceptors (Lipinski definition) is 5. The summed E-state index contributed by atoms with van der Waals surface area (Å²) in [4.78, 5) is 40.4. The van der Waals surface area contributed by atoms with Crippen LogP contribution in [-0.4, -0.2) is 46.9 Å². The summed E-state index contributed by atoms with van der Waals surface area (Å²) in [6, 6.07) is 30.7. The summed E-state index contributed by atoms with van der Waals surface area (Å²) in [6.45, 7) is 3.76. The number of carboxylic acids is 1. The van der Waals surface area contributed by atoms with E-state index in [0.717, 1.165) is 30.4 Å². The van der Waals surface area contributed by atoms with Crippen molar-refractivity contribution in [1.29, 1.82) is 0 Å². The van der Waals surface area contributed by atoms with Gasteiger partial charge >= 0.3 is 5.97 Å². The fourth-order valence-electron chi connectivity index (χ4n) is 5.55. The van der Waals surface area contributed by atoms with Gasteiger partial charge in [0.15, 0.2) is 5.78 Å². The van der Waals surface area contributed by atoms with E-state index in [9.17, 15) is 19.5 Å². The number of rotatable bonds is 15. The second kappa shape index (κ2) is 15.2. The largest absolute Gasteiger partial charge is 0.494 e. The molecule has 1 aliphatic rings. The highest BCUT2D eigenvalue weighted by atomic mass is 16.5. The van der Waals surface area contributed by atoms with Crippen molar-refractivity contribution in [2.24, 2.45) is 5.92 Å². The average Bonchev–Trinajstić information content (AvgIpc) is 3.02. The number of para-hydroxylation sites is 1. The van der Waals surface area contributed by atoms with Gasteiger partial charge < -0.3 is 20.1 Å². The normalized spacial score (nSPS) is 13.4. The number of amides is 1. The van der Waals surface area contributed by atoms with Crippen LogP contribution >= 0.6 is 0 Å². The summed E-state index contributed by atoms with van der Waals surface area (Å²) in [5, 5.41) is 13.1. The van der Waals surface area contributed by atoms with Crippen LogP contribution in [0, 0.1) is 12.8 Å². The quantitative estimate of drug-likeness (QED) is 0.113. The Morgan fingerprint density at radius 1 is 0.889 bits per heavy atom. The van der Waals surface area contributed by atoms with Crippen molar-refractivity contribution in [2.75, 3.05) is 18.5 Å². The Kier molecular flexibility index (Phi) is 10.6. The Bertz CT molecular complexity index is 1600. The maximum Gasteiger partial charge on any atom is 0.326 e. The van der Waals surface area contributed by atoms with Crippen LogP contribution in [0.1, 0.15) is 58.3 Å². The van der Waals surface area contributed by atoms with E-state index in [1.807, 2.05) is 41.3 Å². The molecule has 0 bridgehead atoms. The molecule has 0 saturated heterocycles. The first-order valence-electron chi connectivity index (χ1n) is 15.6. The van der Waals surface area contributed by atoms with E-state index in [-0.39, 0.29) is 24.0 Å². The second-order valence-corrected chi connectivity index (χ2v) is 11.7. The van der Waals surface area contributed by atoms with Crippen LogP contribution in [0.5, 0.6) is 5.75 Å². The number of benzene rings is 4. The molecule has 0 heterocycles. The van der Waals surface area contributed by atoms with Crippen molar-refractivity contribution in [3.63, 3.8) is 0 Å².